The number of nitrogens with one attached hydrogen (secondary N) is 1. The quantitative estimate of drug-likeness (QED) is 0.829. The molecule has 0 bridgehead atoms. The third kappa shape index (κ3) is 3.96. The van der Waals surface area contributed by atoms with Crippen LogP contribution in [0.3, 0.4) is 0 Å². The summed E-state index contributed by atoms with van der Waals surface area (Å²) in [5.74, 6) is 0.636. The van der Waals surface area contributed by atoms with Crippen LogP contribution < -0.4 is 15.8 Å². The summed E-state index contributed by atoms with van der Waals surface area (Å²) in [6.45, 7) is 5.71. The van der Waals surface area contributed by atoms with Crippen LogP contribution in [0.25, 0.3) is 0 Å². The first-order valence-electron chi connectivity index (χ1n) is 6.65. The van der Waals surface area contributed by atoms with Crippen LogP contribution in [0.2, 0.25) is 0 Å². The van der Waals surface area contributed by atoms with E-state index in [0.29, 0.717) is 6.42 Å². The number of hydrogen-bond donors (Lipinski definition) is 2. The first-order valence-corrected chi connectivity index (χ1v) is 6.65. The maximum absolute atomic E-state index is 12.2. The minimum Gasteiger partial charge on any atom is -0.496 e. The van der Waals surface area contributed by atoms with Crippen molar-refractivity contribution in [3.63, 3.8) is 0 Å². The number of rotatable bonds is 6. The lowest BCUT2D eigenvalue weighted by atomic mass is 9.95. The number of para-hydroxylation sites is 1. The molecule has 0 aliphatic heterocycles. The van der Waals surface area contributed by atoms with E-state index in [-0.39, 0.29) is 11.9 Å². The van der Waals surface area contributed by atoms with E-state index >= 15 is 0 Å². The van der Waals surface area contributed by atoms with Gasteiger partial charge in [-0.3, -0.25) is 4.79 Å². The van der Waals surface area contributed by atoms with Crippen molar-refractivity contribution in [1.29, 1.82) is 0 Å². The first-order chi connectivity index (χ1) is 8.92. The minimum atomic E-state index is -0.828. The van der Waals surface area contributed by atoms with Crippen LogP contribution >= 0.6 is 0 Å². The zero-order valence-electron chi connectivity index (χ0n) is 12.2. The Bertz CT molecular complexity index is 430. The molecule has 1 aromatic rings. The number of methoxy groups -OCH3 is 1. The van der Waals surface area contributed by atoms with E-state index < -0.39 is 5.54 Å². The van der Waals surface area contributed by atoms with Gasteiger partial charge in [-0.25, -0.2) is 0 Å². The highest BCUT2D eigenvalue weighted by molar-refractivity contribution is 5.85. The van der Waals surface area contributed by atoms with E-state index in [9.17, 15) is 4.79 Å². The molecule has 0 aliphatic carbocycles. The Balaban J connectivity index is 2.79. The van der Waals surface area contributed by atoms with Crippen molar-refractivity contribution in [1.82, 2.24) is 5.32 Å². The Hall–Kier alpha value is -1.55. The highest BCUT2D eigenvalue weighted by Gasteiger charge is 2.28. The van der Waals surface area contributed by atoms with Crippen LogP contribution in [0.1, 0.15) is 45.2 Å². The summed E-state index contributed by atoms with van der Waals surface area (Å²) < 4.78 is 5.30. The molecule has 3 N–H and O–H groups in total. The average molecular weight is 264 g/mol. The lowest BCUT2D eigenvalue weighted by Crippen LogP contribution is -2.52. The topological polar surface area (TPSA) is 64.4 Å². The molecule has 4 nitrogen and oxygen atoms in total. The third-order valence-electron chi connectivity index (χ3n) is 3.24. The molecule has 1 amide bonds. The molecule has 0 saturated heterocycles. The van der Waals surface area contributed by atoms with Gasteiger partial charge in [-0.1, -0.05) is 31.5 Å². The van der Waals surface area contributed by atoms with Crippen LogP contribution in [0.15, 0.2) is 24.3 Å². The number of ether oxygens (including phenoxy) is 1. The fourth-order valence-corrected chi connectivity index (χ4v) is 2.10. The summed E-state index contributed by atoms with van der Waals surface area (Å²) in [5.41, 5.74) is 6.15. The fraction of sp³-hybridized carbons (Fsp3) is 0.533. The summed E-state index contributed by atoms with van der Waals surface area (Å²) in [7, 11) is 1.62. The molecule has 0 saturated carbocycles. The van der Waals surface area contributed by atoms with Crippen molar-refractivity contribution >= 4 is 5.91 Å². The molecule has 1 unspecified atom stereocenters. The van der Waals surface area contributed by atoms with Crippen molar-refractivity contribution < 1.29 is 9.53 Å². The van der Waals surface area contributed by atoms with Gasteiger partial charge in [0.2, 0.25) is 5.91 Å². The minimum absolute atomic E-state index is 0.132. The number of benzene rings is 1. The lowest BCUT2D eigenvalue weighted by molar-refractivity contribution is -0.126. The van der Waals surface area contributed by atoms with Crippen LogP contribution in [-0.2, 0) is 4.79 Å². The number of amides is 1. The average Bonchev–Trinajstić information content (AvgIpc) is 2.38. The second-order valence-corrected chi connectivity index (χ2v) is 5.10. The summed E-state index contributed by atoms with van der Waals surface area (Å²) in [4.78, 5) is 12.2. The van der Waals surface area contributed by atoms with E-state index in [1.54, 1.807) is 14.0 Å². The second-order valence-electron chi connectivity index (χ2n) is 5.10. The molecular formula is C15H24N2O2. The molecule has 0 fully saturated rings. The number of nitrogens with two attached hydrogens (primary N) is 1. The Morgan fingerprint density at radius 3 is 2.68 bits per heavy atom. The van der Waals surface area contributed by atoms with Crippen molar-refractivity contribution in [2.75, 3.05) is 7.11 Å². The van der Waals surface area contributed by atoms with Gasteiger partial charge in [0.15, 0.2) is 0 Å². The zero-order chi connectivity index (χ0) is 14.5. The molecule has 0 spiro atoms. The molecule has 4 heteroatoms. The smallest absolute Gasteiger partial charge is 0.240 e. The van der Waals surface area contributed by atoms with Gasteiger partial charge in [0.1, 0.15) is 5.75 Å². The number of carbonyl (C=O) groups excluding carboxylic acids is 1. The molecule has 19 heavy (non-hydrogen) atoms. The Morgan fingerprint density at radius 1 is 1.47 bits per heavy atom. The molecule has 1 aromatic carbocycles. The number of hydrogen-bond acceptors (Lipinski definition) is 3. The summed E-state index contributed by atoms with van der Waals surface area (Å²) in [6, 6.07) is 7.52. The third-order valence-corrected chi connectivity index (χ3v) is 3.24. The lowest BCUT2D eigenvalue weighted by Gasteiger charge is -2.26. The van der Waals surface area contributed by atoms with Crippen LogP contribution in [-0.4, -0.2) is 18.6 Å². The Morgan fingerprint density at radius 2 is 2.11 bits per heavy atom. The summed E-state index contributed by atoms with van der Waals surface area (Å²) >= 11 is 0. The van der Waals surface area contributed by atoms with Crippen molar-refractivity contribution in [3.8, 4) is 5.75 Å². The molecule has 0 aliphatic rings. The van der Waals surface area contributed by atoms with Gasteiger partial charge < -0.3 is 15.8 Å². The normalized spacial score (nSPS) is 15.4. The van der Waals surface area contributed by atoms with Crippen molar-refractivity contribution in [2.45, 2.75) is 45.2 Å². The Kier molecular flexibility index (Phi) is 5.36. The molecule has 2 atom stereocenters. The molecule has 1 rings (SSSR count). The van der Waals surface area contributed by atoms with Gasteiger partial charge >= 0.3 is 0 Å². The predicted octanol–water partition coefficient (Wildman–Crippen LogP) is 2.39. The van der Waals surface area contributed by atoms with Crippen LogP contribution in [0, 0.1) is 0 Å². The maximum Gasteiger partial charge on any atom is 0.240 e. The van der Waals surface area contributed by atoms with E-state index in [2.05, 4.69) is 5.32 Å². The van der Waals surface area contributed by atoms with Gasteiger partial charge in [0.05, 0.1) is 18.7 Å². The molecule has 0 aromatic heterocycles. The predicted molar refractivity (Wildman–Crippen MR) is 77.1 cm³/mol. The monoisotopic (exact) mass is 264 g/mol. The van der Waals surface area contributed by atoms with E-state index in [4.69, 9.17) is 10.5 Å². The molecule has 106 valence electrons. The maximum atomic E-state index is 12.2. The van der Waals surface area contributed by atoms with Gasteiger partial charge in [-0.05, 0) is 26.3 Å². The first kappa shape index (κ1) is 15.5. The van der Waals surface area contributed by atoms with E-state index in [1.807, 2.05) is 38.1 Å². The van der Waals surface area contributed by atoms with Crippen molar-refractivity contribution in [3.05, 3.63) is 29.8 Å². The second kappa shape index (κ2) is 6.57. The standard InChI is InChI=1S/C15H24N2O2/c1-5-10-15(3,16)14(18)17-11(2)12-8-6-7-9-13(12)19-4/h6-9,11H,5,10,16H2,1-4H3,(H,17,18)/t11-,15?/m0/s1. The van der Waals surface area contributed by atoms with Gasteiger partial charge in [-0.2, -0.15) is 0 Å². The van der Waals surface area contributed by atoms with Gasteiger partial charge in [0, 0.05) is 5.56 Å². The molecule has 0 heterocycles. The number of carbonyl (C=O) groups is 1. The van der Waals surface area contributed by atoms with Gasteiger partial charge in [0.25, 0.3) is 0 Å². The highest BCUT2D eigenvalue weighted by atomic mass is 16.5. The summed E-state index contributed by atoms with van der Waals surface area (Å²) in [6.07, 6.45) is 1.54. The largest absolute Gasteiger partial charge is 0.496 e. The zero-order valence-corrected chi connectivity index (χ0v) is 12.2. The fourth-order valence-electron chi connectivity index (χ4n) is 2.10. The van der Waals surface area contributed by atoms with E-state index in [1.165, 1.54) is 0 Å². The summed E-state index contributed by atoms with van der Waals surface area (Å²) in [5, 5.41) is 2.95. The van der Waals surface area contributed by atoms with Crippen LogP contribution in [0.5, 0.6) is 5.75 Å². The van der Waals surface area contributed by atoms with Crippen molar-refractivity contribution in [2.24, 2.45) is 5.73 Å². The highest BCUT2D eigenvalue weighted by Crippen LogP contribution is 2.24. The molecule has 0 radical (unpaired) electrons. The Labute approximate surface area is 115 Å². The van der Waals surface area contributed by atoms with Gasteiger partial charge in [-0.15, -0.1) is 0 Å². The van der Waals surface area contributed by atoms with Crippen LogP contribution in [0.4, 0.5) is 0 Å². The SMILES string of the molecule is CCCC(C)(N)C(=O)N[C@@H](C)c1ccccc1OC. The van der Waals surface area contributed by atoms with E-state index in [0.717, 1.165) is 17.7 Å². The molecular weight excluding hydrogens is 240 g/mol.